The van der Waals surface area contributed by atoms with Gasteiger partial charge in [-0.25, -0.2) is 4.98 Å². The lowest BCUT2D eigenvalue weighted by Crippen LogP contribution is -2.57. The summed E-state index contributed by atoms with van der Waals surface area (Å²) in [5, 5.41) is 16.4. The minimum absolute atomic E-state index is 0.0360. The van der Waals surface area contributed by atoms with Crippen molar-refractivity contribution in [2.24, 2.45) is 11.1 Å². The number of thiazole rings is 1. The van der Waals surface area contributed by atoms with Gasteiger partial charge in [-0.15, -0.1) is 11.3 Å². The van der Waals surface area contributed by atoms with E-state index in [1.54, 1.807) is 11.3 Å². The number of carbonyl (C=O) groups is 4. The Balaban J connectivity index is 1.23. The van der Waals surface area contributed by atoms with Crippen LogP contribution in [0.5, 0.6) is 0 Å². The summed E-state index contributed by atoms with van der Waals surface area (Å²) >= 11 is 1.58. The molecular formula is C40H56N6O5S. The highest BCUT2D eigenvalue weighted by atomic mass is 32.1. The summed E-state index contributed by atoms with van der Waals surface area (Å²) in [6, 6.07) is 14.8. The van der Waals surface area contributed by atoms with Gasteiger partial charge < -0.3 is 31.3 Å². The second-order valence-corrected chi connectivity index (χ2v) is 16.0. The first kappa shape index (κ1) is 40.6. The van der Waals surface area contributed by atoms with Gasteiger partial charge in [0.15, 0.2) is 0 Å². The maximum Gasteiger partial charge on any atom is 0.246 e. The number of nitrogens with two attached hydrogens (primary N) is 1. The number of unbranched alkanes of at least 4 members (excludes halogenated alkanes) is 2. The van der Waals surface area contributed by atoms with E-state index in [0.29, 0.717) is 12.8 Å². The van der Waals surface area contributed by atoms with Crippen LogP contribution in [0.4, 0.5) is 0 Å². The van der Waals surface area contributed by atoms with Crippen LogP contribution in [0.15, 0.2) is 54.0 Å². The molecule has 3 atom stereocenters. The predicted molar refractivity (Wildman–Crippen MR) is 205 cm³/mol. The van der Waals surface area contributed by atoms with Gasteiger partial charge in [-0.05, 0) is 80.3 Å². The largest absolute Gasteiger partial charge is 0.391 e. The van der Waals surface area contributed by atoms with Crippen molar-refractivity contribution in [2.45, 2.75) is 110 Å². The lowest BCUT2D eigenvalue weighted by Gasteiger charge is -2.35. The number of nitrogens with one attached hydrogen (secondary N) is 2. The summed E-state index contributed by atoms with van der Waals surface area (Å²) < 4.78 is 0. The third kappa shape index (κ3) is 12.2. The fraction of sp³-hybridized carbons (Fsp3) is 0.525. The summed E-state index contributed by atoms with van der Waals surface area (Å²) in [5.41, 5.74) is 11.8. The van der Waals surface area contributed by atoms with E-state index in [1.165, 1.54) is 16.0 Å². The number of benzene rings is 2. The number of aromatic nitrogens is 1. The zero-order valence-corrected chi connectivity index (χ0v) is 32.1. The first-order chi connectivity index (χ1) is 24.7. The Kier molecular flexibility index (Phi) is 14.9. The van der Waals surface area contributed by atoms with Crippen LogP contribution in [0.3, 0.4) is 0 Å². The number of rotatable bonds is 18. The molecule has 282 valence electrons. The molecule has 11 nitrogen and oxygen atoms in total. The van der Waals surface area contributed by atoms with Crippen molar-refractivity contribution in [3.63, 3.8) is 0 Å². The Morgan fingerprint density at radius 3 is 2.27 bits per heavy atom. The third-order valence-electron chi connectivity index (χ3n) is 9.52. The van der Waals surface area contributed by atoms with Crippen LogP contribution >= 0.6 is 11.3 Å². The van der Waals surface area contributed by atoms with E-state index in [2.05, 4.69) is 51.8 Å². The maximum absolute atomic E-state index is 13.9. The minimum Gasteiger partial charge on any atom is -0.391 e. The fourth-order valence-electron chi connectivity index (χ4n) is 6.51. The third-order valence-corrected chi connectivity index (χ3v) is 10.5. The fourth-order valence-corrected chi connectivity index (χ4v) is 7.32. The Hall–Kier alpha value is -4.13. The second-order valence-electron chi connectivity index (χ2n) is 15.1. The Morgan fingerprint density at radius 1 is 0.981 bits per heavy atom. The van der Waals surface area contributed by atoms with Crippen LogP contribution < -0.4 is 16.4 Å². The molecule has 2 aromatic carbocycles. The molecule has 1 saturated heterocycles. The molecular weight excluding hydrogens is 677 g/mol. The average Bonchev–Trinajstić information content (AvgIpc) is 3.71. The highest BCUT2D eigenvalue weighted by Crippen LogP contribution is 2.28. The number of likely N-dealkylation sites (tertiary alicyclic amines) is 1. The molecule has 5 N–H and O–H groups in total. The molecule has 1 aliphatic heterocycles. The number of β-amino-alcohol motifs (C(OH)–C–C–N with tert-alkyl or cyclic N) is 1. The molecule has 1 fully saturated rings. The SMILES string of the molecule is Cc1ncsc1-c1ccc(CNC(=O)[C@@H]2C[C@@H](O)CN2C(=O)[C@@H](NC(=O)CCCCc2ccc(CN(C)CCCCC(N)=O)cc2)C(C)(C)C)cc1. The molecule has 1 aliphatic rings. The number of nitrogens with zero attached hydrogens (tertiary/aromatic N) is 3. The molecule has 2 heterocycles. The number of aryl methyl sites for hydroxylation is 2. The van der Waals surface area contributed by atoms with Gasteiger partial charge in [-0.2, -0.15) is 0 Å². The van der Waals surface area contributed by atoms with E-state index in [4.69, 9.17) is 5.73 Å². The van der Waals surface area contributed by atoms with E-state index in [0.717, 1.165) is 60.5 Å². The molecule has 4 amide bonds. The zero-order chi connectivity index (χ0) is 37.8. The monoisotopic (exact) mass is 732 g/mol. The Bertz CT molecular complexity index is 1630. The Morgan fingerprint density at radius 2 is 1.63 bits per heavy atom. The smallest absolute Gasteiger partial charge is 0.246 e. The van der Waals surface area contributed by atoms with E-state index in [-0.39, 0.29) is 49.6 Å². The van der Waals surface area contributed by atoms with Crippen LogP contribution in [0, 0.1) is 12.3 Å². The summed E-state index contributed by atoms with van der Waals surface area (Å²) in [6.07, 6.45) is 4.10. The molecule has 4 rings (SSSR count). The number of hydrogen-bond donors (Lipinski definition) is 4. The van der Waals surface area contributed by atoms with Crippen LogP contribution in [-0.4, -0.2) is 81.8 Å². The normalized spacial score (nSPS) is 16.6. The van der Waals surface area contributed by atoms with Crippen molar-refractivity contribution in [1.82, 2.24) is 25.4 Å². The topological polar surface area (TPSA) is 158 Å². The minimum atomic E-state index is -0.850. The standard InChI is InChI=1S/C40H56N6O5S/c1-27-36(52-26-43-27)31-19-17-29(18-20-31)23-42-38(50)33-22-32(47)25-46(33)39(51)37(40(2,3)4)44-35(49)12-7-6-10-28-13-15-30(16-14-28)24-45(5)21-9-8-11-34(41)48/h13-20,26,32-33,37,47H,6-12,21-25H2,1-5H3,(H2,41,48)(H,42,50)(H,44,49)/t32-,33+,37-/m1/s1. The number of aliphatic hydroxyl groups is 1. The van der Waals surface area contributed by atoms with Crippen molar-refractivity contribution < 1.29 is 24.3 Å². The van der Waals surface area contributed by atoms with Crippen molar-refractivity contribution >= 4 is 35.0 Å². The lowest BCUT2D eigenvalue weighted by atomic mass is 9.85. The van der Waals surface area contributed by atoms with Gasteiger partial charge in [0.25, 0.3) is 0 Å². The summed E-state index contributed by atoms with van der Waals surface area (Å²) in [6.45, 7) is 9.70. The van der Waals surface area contributed by atoms with Gasteiger partial charge in [0.2, 0.25) is 23.6 Å². The molecule has 3 aromatic rings. The van der Waals surface area contributed by atoms with Gasteiger partial charge in [0.05, 0.1) is 22.2 Å². The van der Waals surface area contributed by atoms with E-state index in [1.807, 2.05) is 57.5 Å². The van der Waals surface area contributed by atoms with Crippen molar-refractivity contribution in [1.29, 1.82) is 0 Å². The van der Waals surface area contributed by atoms with Gasteiger partial charge >= 0.3 is 0 Å². The summed E-state index contributed by atoms with van der Waals surface area (Å²) in [7, 11) is 2.07. The maximum atomic E-state index is 13.9. The van der Waals surface area contributed by atoms with Crippen LogP contribution in [0.1, 0.15) is 88.1 Å². The number of carbonyl (C=O) groups excluding carboxylic acids is 4. The quantitative estimate of drug-likeness (QED) is 0.138. The number of amides is 4. The molecule has 1 aromatic heterocycles. The van der Waals surface area contributed by atoms with Crippen molar-refractivity contribution in [2.75, 3.05) is 20.1 Å². The first-order valence-corrected chi connectivity index (χ1v) is 19.2. The molecule has 0 aliphatic carbocycles. The number of aliphatic hydroxyl groups excluding tert-OH is 1. The predicted octanol–water partition coefficient (Wildman–Crippen LogP) is 4.73. The highest BCUT2D eigenvalue weighted by Gasteiger charge is 2.44. The van der Waals surface area contributed by atoms with Crippen LogP contribution in [-0.2, 0) is 38.7 Å². The van der Waals surface area contributed by atoms with Crippen LogP contribution in [0.2, 0.25) is 0 Å². The zero-order valence-electron chi connectivity index (χ0n) is 31.3. The summed E-state index contributed by atoms with van der Waals surface area (Å²) in [4.78, 5) is 60.4. The average molecular weight is 733 g/mol. The molecule has 0 radical (unpaired) electrons. The Labute approximate surface area is 312 Å². The van der Waals surface area contributed by atoms with Crippen molar-refractivity contribution in [3.8, 4) is 10.4 Å². The van der Waals surface area contributed by atoms with Crippen molar-refractivity contribution in [3.05, 3.63) is 76.4 Å². The van der Waals surface area contributed by atoms with Gasteiger partial charge in [-0.3, -0.25) is 19.2 Å². The molecule has 0 unspecified atom stereocenters. The van der Waals surface area contributed by atoms with E-state index in [9.17, 15) is 24.3 Å². The first-order valence-electron chi connectivity index (χ1n) is 18.3. The van der Waals surface area contributed by atoms with Gasteiger partial charge in [-0.1, -0.05) is 69.3 Å². The number of hydrogen-bond acceptors (Lipinski definition) is 8. The van der Waals surface area contributed by atoms with Crippen LogP contribution in [0.25, 0.3) is 10.4 Å². The van der Waals surface area contributed by atoms with Gasteiger partial charge in [0.1, 0.15) is 12.1 Å². The van der Waals surface area contributed by atoms with Gasteiger partial charge in [0, 0.05) is 38.9 Å². The number of primary amides is 1. The molecule has 0 spiro atoms. The second kappa shape index (κ2) is 19.1. The summed E-state index contributed by atoms with van der Waals surface area (Å²) in [5.74, 6) is -1.16. The molecule has 0 bridgehead atoms. The lowest BCUT2D eigenvalue weighted by molar-refractivity contribution is -0.144. The molecule has 12 heteroatoms. The van der Waals surface area contributed by atoms with E-state index < -0.39 is 23.6 Å². The molecule has 0 saturated carbocycles. The van der Waals surface area contributed by atoms with E-state index >= 15 is 0 Å². The molecule has 52 heavy (non-hydrogen) atoms. The highest BCUT2D eigenvalue weighted by molar-refractivity contribution is 7.13.